The Labute approximate surface area is 259 Å². The number of hydrogen-bond donors (Lipinski definition) is 1. The molecule has 4 rings (SSSR count). The van der Waals surface area contributed by atoms with E-state index in [4.69, 9.17) is 9.47 Å². The molecule has 0 radical (unpaired) electrons. The number of nitrogens with zero attached hydrogens (tertiary/aromatic N) is 2. The monoisotopic (exact) mass is 597 g/mol. The summed E-state index contributed by atoms with van der Waals surface area (Å²) >= 11 is 0. The highest BCUT2D eigenvalue weighted by molar-refractivity contribution is 6.13. The van der Waals surface area contributed by atoms with Crippen molar-refractivity contribution in [3.63, 3.8) is 0 Å². The second-order valence-corrected chi connectivity index (χ2v) is 13.1. The highest BCUT2D eigenvalue weighted by atomic mass is 16.5. The number of fused-ring (bicyclic) bond motifs is 1. The number of ketones is 1. The van der Waals surface area contributed by atoms with Crippen molar-refractivity contribution in [2.24, 2.45) is 10.8 Å². The Morgan fingerprint density at radius 2 is 1.61 bits per heavy atom. The fourth-order valence-electron chi connectivity index (χ4n) is 5.18. The normalized spacial score (nSPS) is 12.0. The molecule has 0 aliphatic rings. The average molecular weight is 598 g/mol. The summed E-state index contributed by atoms with van der Waals surface area (Å²) in [6.07, 6.45) is 3.73. The van der Waals surface area contributed by atoms with Gasteiger partial charge in [0.2, 0.25) is 5.88 Å². The van der Waals surface area contributed by atoms with Gasteiger partial charge in [-0.25, -0.2) is 4.98 Å². The largest absolute Gasteiger partial charge is 0.481 e. The Morgan fingerprint density at radius 3 is 2.16 bits per heavy atom. The molecule has 8 nitrogen and oxygen atoms in total. The molecule has 0 spiro atoms. The minimum atomic E-state index is -0.988. The third-order valence-electron chi connectivity index (χ3n) is 7.72. The van der Waals surface area contributed by atoms with E-state index in [0.717, 1.165) is 16.7 Å². The van der Waals surface area contributed by atoms with Crippen LogP contribution in [0.15, 0.2) is 60.9 Å². The minimum absolute atomic E-state index is 0.0953. The summed E-state index contributed by atoms with van der Waals surface area (Å²) in [5.41, 5.74) is 3.74. The van der Waals surface area contributed by atoms with E-state index in [1.807, 2.05) is 69.4 Å². The predicted octanol–water partition coefficient (Wildman–Crippen LogP) is 7.75. The number of ether oxygens (including phenoxy) is 2. The number of hydrogen-bond acceptors (Lipinski definition) is 6. The number of pyridine rings is 2. The number of esters is 1. The molecule has 1 N–H and O–H groups in total. The maximum absolute atomic E-state index is 14.2. The number of amides is 1. The van der Waals surface area contributed by atoms with Crippen molar-refractivity contribution in [2.75, 3.05) is 19.0 Å². The molecule has 4 aromatic rings. The summed E-state index contributed by atoms with van der Waals surface area (Å²) in [5.74, 6) is -0.115. The lowest BCUT2D eigenvalue weighted by atomic mass is 9.79. The molecule has 1 aromatic carbocycles. The molecule has 0 aliphatic carbocycles. The first-order valence-electron chi connectivity index (χ1n) is 15.0. The lowest BCUT2D eigenvalue weighted by Crippen LogP contribution is -2.31. The maximum atomic E-state index is 14.2. The first-order valence-corrected chi connectivity index (χ1v) is 15.0. The van der Waals surface area contributed by atoms with Crippen LogP contribution in [-0.2, 0) is 16.0 Å². The highest BCUT2D eigenvalue weighted by Crippen LogP contribution is 2.37. The van der Waals surface area contributed by atoms with Gasteiger partial charge in [0.25, 0.3) is 5.91 Å². The Kier molecular flexibility index (Phi) is 9.33. The fourth-order valence-corrected chi connectivity index (χ4v) is 5.18. The smallest absolute Gasteiger partial charge is 0.311 e. The van der Waals surface area contributed by atoms with Crippen LogP contribution in [0.4, 0.5) is 5.69 Å². The summed E-state index contributed by atoms with van der Waals surface area (Å²) in [4.78, 5) is 45.6. The summed E-state index contributed by atoms with van der Waals surface area (Å²) < 4.78 is 12.3. The van der Waals surface area contributed by atoms with Crippen LogP contribution in [0.5, 0.6) is 5.88 Å². The molecule has 0 bridgehead atoms. The molecule has 0 unspecified atom stereocenters. The van der Waals surface area contributed by atoms with Gasteiger partial charge >= 0.3 is 5.97 Å². The zero-order valence-electron chi connectivity index (χ0n) is 27.2. The molecule has 0 aliphatic heterocycles. The lowest BCUT2D eigenvalue weighted by Gasteiger charge is -2.24. The van der Waals surface area contributed by atoms with Crippen LogP contribution in [0.25, 0.3) is 16.6 Å². The van der Waals surface area contributed by atoms with Crippen molar-refractivity contribution in [1.82, 2.24) is 9.38 Å². The number of rotatable bonds is 10. The molecule has 44 heavy (non-hydrogen) atoms. The van der Waals surface area contributed by atoms with Gasteiger partial charge in [-0.05, 0) is 80.1 Å². The second-order valence-electron chi connectivity index (χ2n) is 13.1. The van der Waals surface area contributed by atoms with Gasteiger partial charge in [-0.15, -0.1) is 0 Å². The molecular formula is C36H43N3O5. The Bertz CT molecular complexity index is 1670. The average Bonchev–Trinajstić information content (AvgIpc) is 3.28. The van der Waals surface area contributed by atoms with E-state index in [9.17, 15) is 14.4 Å². The predicted molar refractivity (Wildman–Crippen MR) is 174 cm³/mol. The fraction of sp³-hybridized carbons (Fsp3) is 0.389. The van der Waals surface area contributed by atoms with E-state index in [0.29, 0.717) is 33.9 Å². The SMILES string of the molecule is CCOC(=O)C(C)(C)Cc1c(C(=O)C(C)(C)C)c2cc(C(C)C)ccn2c1C(=O)Nc1ccc(-c2ccc(OC)nc2)cc1. The number of nitrogens with one attached hydrogen (secondary N) is 1. The number of benzene rings is 1. The lowest BCUT2D eigenvalue weighted by molar-refractivity contribution is -0.153. The molecule has 1 amide bonds. The molecule has 0 atom stereocenters. The summed E-state index contributed by atoms with van der Waals surface area (Å²) in [7, 11) is 1.57. The van der Waals surface area contributed by atoms with E-state index < -0.39 is 10.8 Å². The third kappa shape index (κ3) is 6.69. The van der Waals surface area contributed by atoms with Crippen LogP contribution in [0, 0.1) is 10.8 Å². The van der Waals surface area contributed by atoms with E-state index >= 15 is 0 Å². The van der Waals surface area contributed by atoms with Crippen LogP contribution in [-0.4, -0.2) is 40.8 Å². The van der Waals surface area contributed by atoms with Crippen LogP contribution in [0.2, 0.25) is 0 Å². The minimum Gasteiger partial charge on any atom is -0.481 e. The number of carbonyl (C=O) groups is 3. The van der Waals surface area contributed by atoms with E-state index in [1.54, 1.807) is 44.5 Å². The van der Waals surface area contributed by atoms with Gasteiger partial charge in [0.1, 0.15) is 5.69 Å². The zero-order valence-corrected chi connectivity index (χ0v) is 27.2. The van der Waals surface area contributed by atoms with Crippen LogP contribution in [0.3, 0.4) is 0 Å². The molecule has 232 valence electrons. The Morgan fingerprint density at radius 1 is 0.955 bits per heavy atom. The van der Waals surface area contributed by atoms with Crippen molar-refractivity contribution in [3.05, 3.63) is 83.3 Å². The summed E-state index contributed by atoms with van der Waals surface area (Å²) in [5, 5.41) is 3.03. The van der Waals surface area contributed by atoms with Crippen LogP contribution >= 0.6 is 0 Å². The van der Waals surface area contributed by atoms with Gasteiger partial charge in [0, 0.05) is 40.7 Å². The zero-order chi connectivity index (χ0) is 32.4. The van der Waals surface area contributed by atoms with Crippen molar-refractivity contribution in [3.8, 4) is 17.0 Å². The quantitative estimate of drug-likeness (QED) is 0.148. The van der Waals surface area contributed by atoms with E-state index in [-0.39, 0.29) is 36.6 Å². The highest BCUT2D eigenvalue weighted by Gasteiger charge is 2.38. The van der Waals surface area contributed by atoms with E-state index in [1.165, 1.54) is 0 Å². The summed E-state index contributed by atoms with van der Waals surface area (Å²) in [6, 6.07) is 15.1. The van der Waals surface area contributed by atoms with E-state index in [2.05, 4.69) is 24.1 Å². The van der Waals surface area contributed by atoms with Gasteiger partial charge in [-0.3, -0.25) is 14.4 Å². The topological polar surface area (TPSA) is 99.0 Å². The molecule has 0 saturated carbocycles. The van der Waals surface area contributed by atoms with Gasteiger partial charge in [0.05, 0.1) is 24.6 Å². The van der Waals surface area contributed by atoms with Crippen molar-refractivity contribution in [2.45, 2.75) is 67.7 Å². The van der Waals surface area contributed by atoms with Gasteiger partial charge in [-0.2, -0.15) is 0 Å². The van der Waals surface area contributed by atoms with Crippen molar-refractivity contribution in [1.29, 1.82) is 0 Å². The molecule has 3 heterocycles. The first-order chi connectivity index (χ1) is 20.7. The first kappa shape index (κ1) is 32.5. The Balaban J connectivity index is 1.84. The van der Waals surface area contributed by atoms with Crippen LogP contribution in [0.1, 0.15) is 93.3 Å². The molecule has 0 saturated heterocycles. The number of carbonyl (C=O) groups excluding carboxylic acids is 3. The molecule has 0 fully saturated rings. The molecule has 3 aromatic heterocycles. The molecule has 8 heteroatoms. The van der Waals surface area contributed by atoms with Gasteiger partial charge in [0.15, 0.2) is 5.78 Å². The molecular weight excluding hydrogens is 554 g/mol. The summed E-state index contributed by atoms with van der Waals surface area (Å²) in [6.45, 7) is 15.3. The third-order valence-corrected chi connectivity index (χ3v) is 7.72. The van der Waals surface area contributed by atoms with Gasteiger partial charge in [-0.1, -0.05) is 46.8 Å². The number of methoxy groups -OCH3 is 1. The van der Waals surface area contributed by atoms with Crippen molar-refractivity contribution < 1.29 is 23.9 Å². The van der Waals surface area contributed by atoms with Gasteiger partial charge < -0.3 is 19.2 Å². The van der Waals surface area contributed by atoms with Crippen molar-refractivity contribution >= 4 is 28.9 Å². The number of Topliss-reactive ketones (excluding diaryl/α,β-unsaturated/α-hetero) is 1. The van der Waals surface area contributed by atoms with Crippen LogP contribution < -0.4 is 10.1 Å². The standard InChI is InChI=1S/C36H43N3O5/c1-10-44-34(42)36(7,8)20-27-30(32(40)35(4,5)6)28-19-24(22(2)3)17-18-39(28)31(27)33(41)38-26-14-11-23(12-15-26)25-13-16-29(43-9)37-21-25/h11-19,21-22H,10,20H2,1-9H3,(H,38,41). The maximum Gasteiger partial charge on any atom is 0.311 e. The Hall–Kier alpha value is -4.46. The second kappa shape index (κ2) is 12.6. The number of aromatic nitrogens is 2. The number of anilines is 1.